The summed E-state index contributed by atoms with van der Waals surface area (Å²) in [6.07, 6.45) is -0.803. The van der Waals surface area contributed by atoms with Crippen molar-refractivity contribution >= 4 is 35.4 Å². The molecular formula is C26H28Cl2F3N3O3. The Hall–Kier alpha value is -2.36. The predicted molar refractivity (Wildman–Crippen MR) is 134 cm³/mol. The van der Waals surface area contributed by atoms with Crippen LogP contribution in [-0.2, 0) is 15.8 Å². The highest BCUT2D eigenvalue weighted by Crippen LogP contribution is 2.38. The lowest BCUT2D eigenvalue weighted by atomic mass is 9.87. The fourth-order valence-electron chi connectivity index (χ4n) is 5.14. The summed E-state index contributed by atoms with van der Waals surface area (Å²) in [6.45, 7) is 3.15. The van der Waals surface area contributed by atoms with Crippen LogP contribution in [0.1, 0.15) is 36.3 Å². The lowest BCUT2D eigenvalue weighted by molar-refractivity contribution is -0.138. The third-order valence-corrected chi connectivity index (χ3v) is 7.94. The van der Waals surface area contributed by atoms with Crippen molar-refractivity contribution < 1.29 is 27.5 Å². The molecule has 37 heavy (non-hydrogen) atoms. The van der Waals surface area contributed by atoms with Crippen molar-refractivity contribution in [3.8, 4) is 5.88 Å². The number of rotatable bonds is 8. The first kappa shape index (κ1) is 27.7. The maximum Gasteiger partial charge on any atom is 0.417 e. The highest BCUT2D eigenvalue weighted by atomic mass is 35.5. The van der Waals surface area contributed by atoms with Gasteiger partial charge in [-0.1, -0.05) is 29.3 Å². The Kier molecular flexibility index (Phi) is 8.98. The summed E-state index contributed by atoms with van der Waals surface area (Å²) in [6, 6.07) is 7.63. The maximum absolute atomic E-state index is 13.4. The van der Waals surface area contributed by atoms with Crippen LogP contribution in [0.2, 0.25) is 10.0 Å². The number of piperidine rings is 1. The second-order valence-corrected chi connectivity index (χ2v) is 10.4. The minimum absolute atomic E-state index is 0.0121. The van der Waals surface area contributed by atoms with Crippen molar-refractivity contribution in [1.82, 2.24) is 14.8 Å². The number of alkyl halides is 3. The van der Waals surface area contributed by atoms with E-state index in [0.29, 0.717) is 48.9 Å². The fourth-order valence-corrected chi connectivity index (χ4v) is 5.45. The van der Waals surface area contributed by atoms with Gasteiger partial charge in [0, 0.05) is 37.2 Å². The molecule has 2 aliphatic heterocycles. The van der Waals surface area contributed by atoms with E-state index in [4.69, 9.17) is 27.9 Å². The highest BCUT2D eigenvalue weighted by Gasteiger charge is 2.39. The Balaban J connectivity index is 1.41. The van der Waals surface area contributed by atoms with Crippen molar-refractivity contribution in [1.29, 1.82) is 0 Å². The fraction of sp³-hybridized carbons (Fsp3) is 0.500. The first-order chi connectivity index (χ1) is 17.7. The van der Waals surface area contributed by atoms with Crippen molar-refractivity contribution in [2.24, 2.45) is 11.8 Å². The molecule has 1 aromatic carbocycles. The molecule has 2 aromatic rings. The molecule has 0 aliphatic carbocycles. The number of aldehydes is 1. The summed E-state index contributed by atoms with van der Waals surface area (Å²) in [5, 5.41) is 0.891. The SMILES string of the molecule is O=CCN1CCC(C(=O)N2C[C@@H](CCOc3ccc(C(F)(F)F)cn3)[C@@H](c3ccc(Cl)c(Cl)c3)C2)CC1. The Morgan fingerprint density at radius 1 is 1.11 bits per heavy atom. The number of amides is 1. The molecule has 0 N–H and O–H groups in total. The number of hydrogen-bond donors (Lipinski definition) is 0. The molecule has 6 nitrogen and oxygen atoms in total. The molecular weight excluding hydrogens is 530 g/mol. The molecule has 0 spiro atoms. The second kappa shape index (κ2) is 12.0. The van der Waals surface area contributed by atoms with E-state index in [1.54, 1.807) is 6.07 Å². The lowest BCUT2D eigenvalue weighted by Gasteiger charge is -2.32. The molecule has 0 saturated carbocycles. The average Bonchev–Trinajstić information content (AvgIpc) is 3.30. The molecule has 2 atom stereocenters. The number of likely N-dealkylation sites (tertiary alicyclic amines) is 2. The van der Waals surface area contributed by atoms with Crippen LogP contribution in [0.25, 0.3) is 0 Å². The summed E-state index contributed by atoms with van der Waals surface area (Å²) >= 11 is 12.4. The number of carbonyl (C=O) groups is 2. The third kappa shape index (κ3) is 6.94. The van der Waals surface area contributed by atoms with Crippen LogP contribution in [0.5, 0.6) is 5.88 Å². The Morgan fingerprint density at radius 3 is 2.49 bits per heavy atom. The van der Waals surface area contributed by atoms with Gasteiger partial charge >= 0.3 is 6.18 Å². The molecule has 200 valence electrons. The summed E-state index contributed by atoms with van der Waals surface area (Å²) in [7, 11) is 0. The van der Waals surface area contributed by atoms with E-state index in [0.717, 1.165) is 37.2 Å². The van der Waals surface area contributed by atoms with E-state index in [2.05, 4.69) is 9.88 Å². The minimum atomic E-state index is -4.45. The van der Waals surface area contributed by atoms with Gasteiger partial charge in [0.15, 0.2) is 0 Å². The molecule has 2 fully saturated rings. The largest absolute Gasteiger partial charge is 0.478 e. The van der Waals surface area contributed by atoms with Gasteiger partial charge in [0.1, 0.15) is 6.29 Å². The van der Waals surface area contributed by atoms with Crippen LogP contribution >= 0.6 is 23.2 Å². The van der Waals surface area contributed by atoms with Crippen LogP contribution in [-0.4, -0.2) is 66.3 Å². The van der Waals surface area contributed by atoms with Gasteiger partial charge in [-0.2, -0.15) is 13.2 Å². The molecule has 0 unspecified atom stereocenters. The van der Waals surface area contributed by atoms with Crippen molar-refractivity contribution in [3.63, 3.8) is 0 Å². The number of benzene rings is 1. The second-order valence-electron chi connectivity index (χ2n) is 9.54. The third-order valence-electron chi connectivity index (χ3n) is 7.20. The topological polar surface area (TPSA) is 62.7 Å². The molecule has 1 amide bonds. The number of pyridine rings is 1. The van der Waals surface area contributed by atoms with E-state index in [1.807, 2.05) is 17.0 Å². The summed E-state index contributed by atoms with van der Waals surface area (Å²) in [5.74, 6) is 0.225. The molecule has 0 bridgehead atoms. The van der Waals surface area contributed by atoms with Crippen LogP contribution in [0.15, 0.2) is 36.5 Å². The summed E-state index contributed by atoms with van der Waals surface area (Å²) < 4.78 is 44.0. The number of halogens is 5. The smallest absolute Gasteiger partial charge is 0.417 e. The van der Waals surface area contributed by atoms with E-state index < -0.39 is 11.7 Å². The van der Waals surface area contributed by atoms with Gasteiger partial charge < -0.3 is 14.4 Å². The van der Waals surface area contributed by atoms with E-state index in [1.165, 1.54) is 6.07 Å². The first-order valence-electron chi connectivity index (χ1n) is 12.2. The van der Waals surface area contributed by atoms with Gasteiger partial charge in [0.2, 0.25) is 11.8 Å². The molecule has 2 saturated heterocycles. The Labute approximate surface area is 223 Å². The first-order valence-corrected chi connectivity index (χ1v) is 13.0. The molecule has 2 aliphatic rings. The zero-order valence-corrected chi connectivity index (χ0v) is 21.6. The number of carbonyl (C=O) groups excluding carboxylic acids is 2. The molecule has 3 heterocycles. The molecule has 0 radical (unpaired) electrons. The van der Waals surface area contributed by atoms with Gasteiger partial charge in [-0.15, -0.1) is 0 Å². The van der Waals surface area contributed by atoms with Gasteiger partial charge in [-0.25, -0.2) is 4.98 Å². The monoisotopic (exact) mass is 557 g/mol. The quantitative estimate of drug-likeness (QED) is 0.410. The van der Waals surface area contributed by atoms with Crippen molar-refractivity contribution in [2.45, 2.75) is 31.4 Å². The predicted octanol–water partition coefficient (Wildman–Crippen LogP) is 5.33. The summed E-state index contributed by atoms with van der Waals surface area (Å²) in [4.78, 5) is 31.9. The van der Waals surface area contributed by atoms with Crippen LogP contribution < -0.4 is 4.74 Å². The Morgan fingerprint density at radius 2 is 1.86 bits per heavy atom. The number of nitrogens with zero attached hydrogens (tertiary/aromatic N) is 3. The van der Waals surface area contributed by atoms with Crippen LogP contribution in [0.4, 0.5) is 13.2 Å². The minimum Gasteiger partial charge on any atom is -0.478 e. The Bertz CT molecular complexity index is 1090. The number of aromatic nitrogens is 1. The van der Waals surface area contributed by atoms with E-state index >= 15 is 0 Å². The average molecular weight is 558 g/mol. The highest BCUT2D eigenvalue weighted by molar-refractivity contribution is 6.42. The van der Waals surface area contributed by atoms with Gasteiger partial charge in [0.25, 0.3) is 0 Å². The standard InChI is InChI=1S/C26H28Cl2F3N3O3/c27-22-3-1-18(13-23(22)28)21-16-34(25(36)17-5-8-33(9-6-17)10-11-35)15-19(21)7-12-37-24-4-2-20(14-32-24)26(29,30)31/h1-4,11,13-14,17,19,21H,5-10,12,15-16H2/t19-,21-/m1/s1. The van der Waals surface area contributed by atoms with Crippen LogP contribution in [0, 0.1) is 11.8 Å². The summed E-state index contributed by atoms with van der Waals surface area (Å²) in [5.41, 5.74) is 0.143. The zero-order valence-electron chi connectivity index (χ0n) is 20.1. The van der Waals surface area contributed by atoms with Crippen molar-refractivity contribution in [3.05, 3.63) is 57.7 Å². The van der Waals surface area contributed by atoms with Gasteiger partial charge in [0.05, 0.1) is 28.8 Å². The normalized spacial score (nSPS) is 21.3. The molecule has 11 heteroatoms. The van der Waals surface area contributed by atoms with Crippen LogP contribution in [0.3, 0.4) is 0 Å². The van der Waals surface area contributed by atoms with Gasteiger partial charge in [-0.05, 0) is 62.0 Å². The maximum atomic E-state index is 13.4. The number of hydrogen-bond acceptors (Lipinski definition) is 5. The molecule has 4 rings (SSSR count). The zero-order chi connectivity index (χ0) is 26.6. The van der Waals surface area contributed by atoms with Gasteiger partial charge in [-0.3, -0.25) is 9.69 Å². The number of ether oxygens (including phenoxy) is 1. The van der Waals surface area contributed by atoms with E-state index in [9.17, 15) is 22.8 Å². The lowest BCUT2D eigenvalue weighted by Crippen LogP contribution is -2.42. The molecule has 1 aromatic heterocycles. The van der Waals surface area contributed by atoms with E-state index in [-0.39, 0.29) is 36.1 Å². The van der Waals surface area contributed by atoms with Crippen molar-refractivity contribution in [2.75, 3.05) is 39.3 Å².